The maximum atomic E-state index is 13.3. The lowest BCUT2D eigenvalue weighted by atomic mass is 10.2. The molecule has 2 heterocycles. The predicted octanol–water partition coefficient (Wildman–Crippen LogP) is 3.90. The Balaban J connectivity index is 1.50. The molecule has 0 unspecified atom stereocenters. The van der Waals surface area contributed by atoms with Gasteiger partial charge in [-0.1, -0.05) is 42.5 Å². The van der Waals surface area contributed by atoms with E-state index in [-0.39, 0.29) is 11.4 Å². The first kappa shape index (κ1) is 22.0. The van der Waals surface area contributed by atoms with Gasteiger partial charge in [0.2, 0.25) is 10.0 Å². The van der Waals surface area contributed by atoms with Gasteiger partial charge in [0.1, 0.15) is 0 Å². The Morgan fingerprint density at radius 3 is 2.52 bits per heavy atom. The molecule has 1 saturated heterocycles. The van der Waals surface area contributed by atoms with E-state index >= 15 is 0 Å². The molecule has 0 spiro atoms. The Kier molecular flexibility index (Phi) is 6.74. The number of aromatic nitrogens is 3. The number of nitrogens with zero attached hydrogens (tertiary/aromatic N) is 5. The Morgan fingerprint density at radius 1 is 1.10 bits per heavy atom. The summed E-state index contributed by atoms with van der Waals surface area (Å²) in [6, 6.07) is 15.5. The van der Waals surface area contributed by atoms with Crippen LogP contribution >= 0.6 is 15.9 Å². The van der Waals surface area contributed by atoms with E-state index in [1.54, 1.807) is 16.9 Å². The molecule has 3 aromatic rings. The first-order valence-corrected chi connectivity index (χ1v) is 12.7. The summed E-state index contributed by atoms with van der Waals surface area (Å²) >= 11 is 3.49. The van der Waals surface area contributed by atoms with Crippen LogP contribution in [0.2, 0.25) is 0 Å². The molecule has 9 heteroatoms. The fourth-order valence-corrected chi connectivity index (χ4v) is 6.26. The fraction of sp³-hybridized carbons (Fsp3) is 0.364. The second-order valence-electron chi connectivity index (χ2n) is 7.63. The molecule has 0 radical (unpaired) electrons. The molecular formula is C22H26BrN5O2S. The number of anilines is 1. The minimum absolute atomic E-state index is 0.175. The van der Waals surface area contributed by atoms with Gasteiger partial charge in [-0.15, -0.1) is 5.10 Å². The van der Waals surface area contributed by atoms with Gasteiger partial charge in [-0.3, -0.25) is 0 Å². The zero-order chi connectivity index (χ0) is 21.8. The van der Waals surface area contributed by atoms with Crippen molar-refractivity contribution in [1.82, 2.24) is 19.3 Å². The number of sulfonamides is 1. The molecule has 0 amide bonds. The molecule has 1 aromatic heterocycles. The van der Waals surface area contributed by atoms with Gasteiger partial charge in [-0.25, -0.2) is 13.1 Å². The van der Waals surface area contributed by atoms with Crippen LogP contribution in [0, 0.1) is 0 Å². The second kappa shape index (κ2) is 9.50. The highest BCUT2D eigenvalue weighted by Gasteiger charge is 2.27. The highest BCUT2D eigenvalue weighted by molar-refractivity contribution is 9.10. The summed E-state index contributed by atoms with van der Waals surface area (Å²) in [4.78, 5) is 2.55. The molecule has 4 rings (SSSR count). The zero-order valence-corrected chi connectivity index (χ0v) is 19.9. The molecule has 0 saturated carbocycles. The molecule has 1 fully saturated rings. The average molecular weight is 504 g/mol. The van der Waals surface area contributed by atoms with E-state index in [1.807, 2.05) is 49.4 Å². The number of hydrogen-bond donors (Lipinski definition) is 0. The van der Waals surface area contributed by atoms with Gasteiger partial charge < -0.3 is 4.90 Å². The lowest BCUT2D eigenvalue weighted by Crippen LogP contribution is -2.31. The van der Waals surface area contributed by atoms with Gasteiger partial charge in [0, 0.05) is 29.8 Å². The lowest BCUT2D eigenvalue weighted by molar-refractivity contribution is 0.418. The van der Waals surface area contributed by atoms with Crippen LogP contribution in [-0.2, 0) is 23.1 Å². The Hall–Kier alpha value is -2.23. The lowest BCUT2D eigenvalue weighted by Gasteiger charge is -2.22. The largest absolute Gasteiger partial charge is 0.372 e. The second-order valence-corrected chi connectivity index (χ2v) is 10.4. The molecule has 2 aromatic carbocycles. The molecule has 0 bridgehead atoms. The van der Waals surface area contributed by atoms with Crippen molar-refractivity contribution >= 4 is 31.6 Å². The van der Waals surface area contributed by atoms with Gasteiger partial charge in [0.05, 0.1) is 29.9 Å². The highest BCUT2D eigenvalue weighted by atomic mass is 79.9. The Bertz CT molecular complexity index is 1130. The standard InChI is InChI=1S/C22H26BrN5O2S/c1-2-28(17-19-16-27(25-24-19)15-18-8-4-3-5-9-18)31(29,30)22-11-10-20(14-21(22)23)26-12-6-7-13-26/h3-5,8-11,14,16H,2,6-7,12-13,15,17H2,1H3. The normalized spacial score (nSPS) is 14.5. The first-order valence-electron chi connectivity index (χ1n) is 10.4. The average Bonchev–Trinajstić information content (AvgIpc) is 3.45. The summed E-state index contributed by atoms with van der Waals surface area (Å²) in [6.07, 6.45) is 4.15. The molecule has 164 valence electrons. The summed E-state index contributed by atoms with van der Waals surface area (Å²) in [6.45, 7) is 4.97. The van der Waals surface area contributed by atoms with Crippen LogP contribution in [0.15, 0.2) is 64.1 Å². The third-order valence-corrected chi connectivity index (χ3v) is 8.37. The minimum Gasteiger partial charge on any atom is -0.372 e. The van der Waals surface area contributed by atoms with E-state index in [2.05, 4.69) is 31.1 Å². The maximum Gasteiger partial charge on any atom is 0.244 e. The SMILES string of the molecule is CCN(Cc1cn(Cc2ccccc2)nn1)S(=O)(=O)c1ccc(N2CCCC2)cc1Br. The monoisotopic (exact) mass is 503 g/mol. The molecular weight excluding hydrogens is 478 g/mol. The van der Waals surface area contributed by atoms with Gasteiger partial charge in [-0.05, 0) is 52.5 Å². The predicted molar refractivity (Wildman–Crippen MR) is 124 cm³/mol. The Labute approximate surface area is 191 Å². The smallest absolute Gasteiger partial charge is 0.244 e. The quantitative estimate of drug-likeness (QED) is 0.466. The number of halogens is 1. The van der Waals surface area contributed by atoms with Gasteiger partial charge in [0.25, 0.3) is 0 Å². The summed E-state index contributed by atoms with van der Waals surface area (Å²) in [5.41, 5.74) is 2.78. The number of rotatable bonds is 8. The van der Waals surface area contributed by atoms with Gasteiger partial charge in [-0.2, -0.15) is 4.31 Å². The molecule has 1 aliphatic rings. The summed E-state index contributed by atoms with van der Waals surface area (Å²) < 4.78 is 30.4. The van der Waals surface area contributed by atoms with Crippen LogP contribution in [-0.4, -0.2) is 47.4 Å². The molecule has 7 nitrogen and oxygen atoms in total. The maximum absolute atomic E-state index is 13.3. The van der Waals surface area contributed by atoms with Crippen molar-refractivity contribution in [1.29, 1.82) is 0 Å². The van der Waals surface area contributed by atoms with Crippen LogP contribution in [0.5, 0.6) is 0 Å². The van der Waals surface area contributed by atoms with Crippen molar-refractivity contribution in [3.63, 3.8) is 0 Å². The fourth-order valence-electron chi connectivity index (χ4n) is 3.82. The van der Waals surface area contributed by atoms with E-state index in [9.17, 15) is 8.42 Å². The van der Waals surface area contributed by atoms with Crippen LogP contribution < -0.4 is 4.90 Å². The number of benzene rings is 2. The van der Waals surface area contributed by atoms with Crippen LogP contribution in [0.3, 0.4) is 0 Å². The zero-order valence-electron chi connectivity index (χ0n) is 17.5. The third kappa shape index (κ3) is 4.99. The van der Waals surface area contributed by atoms with Crippen molar-refractivity contribution < 1.29 is 8.42 Å². The molecule has 1 aliphatic heterocycles. The van der Waals surface area contributed by atoms with Crippen LogP contribution in [0.25, 0.3) is 0 Å². The Morgan fingerprint density at radius 2 is 1.84 bits per heavy atom. The van der Waals surface area contributed by atoms with E-state index in [4.69, 9.17) is 0 Å². The minimum atomic E-state index is -3.68. The summed E-state index contributed by atoms with van der Waals surface area (Å²) in [5.74, 6) is 0. The van der Waals surface area contributed by atoms with Crippen molar-refractivity contribution in [2.24, 2.45) is 0 Å². The van der Waals surface area contributed by atoms with E-state index in [1.165, 1.54) is 17.1 Å². The molecule has 0 N–H and O–H groups in total. The van der Waals surface area contributed by atoms with E-state index in [0.29, 0.717) is 23.3 Å². The van der Waals surface area contributed by atoms with Gasteiger partial charge >= 0.3 is 0 Å². The highest BCUT2D eigenvalue weighted by Crippen LogP contribution is 2.31. The summed E-state index contributed by atoms with van der Waals surface area (Å²) in [7, 11) is -3.68. The van der Waals surface area contributed by atoms with Crippen molar-refractivity contribution in [3.8, 4) is 0 Å². The van der Waals surface area contributed by atoms with Crippen molar-refractivity contribution in [2.75, 3.05) is 24.5 Å². The van der Waals surface area contributed by atoms with E-state index in [0.717, 1.165) is 24.3 Å². The topological polar surface area (TPSA) is 71.3 Å². The molecule has 0 atom stereocenters. The number of hydrogen-bond acceptors (Lipinski definition) is 5. The molecule has 31 heavy (non-hydrogen) atoms. The van der Waals surface area contributed by atoms with E-state index < -0.39 is 10.0 Å². The van der Waals surface area contributed by atoms with Crippen molar-refractivity contribution in [2.45, 2.75) is 37.8 Å². The third-order valence-electron chi connectivity index (χ3n) is 5.47. The summed E-state index contributed by atoms with van der Waals surface area (Å²) in [5, 5.41) is 8.34. The van der Waals surface area contributed by atoms with Crippen molar-refractivity contribution in [3.05, 3.63) is 70.5 Å². The molecule has 0 aliphatic carbocycles. The first-order chi connectivity index (χ1) is 15.0. The van der Waals surface area contributed by atoms with Crippen LogP contribution in [0.4, 0.5) is 5.69 Å². The van der Waals surface area contributed by atoms with Gasteiger partial charge in [0.15, 0.2) is 0 Å². The van der Waals surface area contributed by atoms with Crippen LogP contribution in [0.1, 0.15) is 31.0 Å².